The molecule has 5 nitrogen and oxygen atoms in total. The number of amides is 1. The van der Waals surface area contributed by atoms with E-state index in [2.05, 4.69) is 5.32 Å². The van der Waals surface area contributed by atoms with Crippen LogP contribution in [0, 0.1) is 5.92 Å². The molecule has 0 saturated carbocycles. The van der Waals surface area contributed by atoms with Crippen LogP contribution in [0.5, 0.6) is 0 Å². The Balaban J connectivity index is -0.0000000379. The highest BCUT2D eigenvalue weighted by molar-refractivity contribution is 5.76. The lowest BCUT2D eigenvalue weighted by molar-refractivity contribution is -0.123. The summed E-state index contributed by atoms with van der Waals surface area (Å²) >= 11 is 0. The molecule has 0 aromatic carbocycles. The first-order valence-corrected chi connectivity index (χ1v) is 10.9. The molecule has 0 aliphatic carbocycles. The zero-order valence-electron chi connectivity index (χ0n) is 37.5. The summed E-state index contributed by atoms with van der Waals surface area (Å²) in [5.74, 6) is 0.424. The van der Waals surface area contributed by atoms with Gasteiger partial charge in [0.1, 0.15) is 5.78 Å². The Bertz CT molecular complexity index is 595. The molecule has 1 amide bonds. The van der Waals surface area contributed by atoms with Crippen molar-refractivity contribution in [3.05, 3.63) is 48.6 Å². The van der Waals surface area contributed by atoms with Crippen molar-refractivity contribution in [2.24, 2.45) is 5.92 Å². The number of hydrogen-bond donors (Lipinski definition) is 3. The number of carbonyl (C=O) groups excluding carboxylic acids is 2. The number of aliphatic hydroxyl groups excluding tert-OH is 2. The highest BCUT2D eigenvalue weighted by Crippen LogP contribution is 2.04. The van der Waals surface area contributed by atoms with E-state index in [9.17, 15) is 19.8 Å². The third-order valence-corrected chi connectivity index (χ3v) is 3.86. The standard InChI is InChI=1S/C14H25NO2.C11H18O2.10H2/c1-4-5-6-7-8-9-13(16)10-14(17)15-11-12(2)3;1-3-4-5-6-7-8-11(13)9-10(2)12;;;;;;;;;;/h4-7,12-13,16H,8-11H2,1-3H3,(H,15,17);3-6,11,13H,7-9H2,1-2H3;10*1H/b5-4+,7-6-;4-3+,6-5-;;;;;;;;;;/i;;9*1+1D;1+1. The number of carbonyl (C=O) groups is 2. The third-order valence-electron chi connectivity index (χ3n) is 3.86. The molecule has 30 heavy (non-hydrogen) atoms. The molecule has 0 aliphatic rings. The Morgan fingerprint density at radius 1 is 0.900 bits per heavy atom. The molecule has 0 saturated heterocycles. The minimum Gasteiger partial charge on any atom is -0.393 e. The number of hydrogen-bond acceptors (Lipinski definition) is 4. The third kappa shape index (κ3) is 26.0. The maximum atomic E-state index is 11.4. The van der Waals surface area contributed by atoms with Crippen LogP contribution in [0.1, 0.15) is 101 Å². The van der Waals surface area contributed by atoms with Crippen molar-refractivity contribution in [3.63, 3.8) is 0 Å². The topological polar surface area (TPSA) is 86.6 Å². The second-order valence-electron chi connectivity index (χ2n) is 7.68. The highest BCUT2D eigenvalue weighted by atomic mass is 16.3. The van der Waals surface area contributed by atoms with Gasteiger partial charge in [-0.1, -0.05) is 62.5 Å². The predicted octanol–water partition coefficient (Wildman–Crippen LogP) is 7.12. The molecule has 0 aliphatic heterocycles. The first-order chi connectivity index (χ1) is 23.2. The lowest BCUT2D eigenvalue weighted by Crippen LogP contribution is -2.30. The predicted molar refractivity (Wildman–Crippen MR) is 147 cm³/mol. The quantitative estimate of drug-likeness (QED) is 0.241. The number of allylic oxidation sites excluding steroid dienone is 8. The molecule has 3 N–H and O–H groups in total. The molecule has 0 rings (SSSR count). The maximum absolute atomic E-state index is 11.4. The Morgan fingerprint density at radius 2 is 1.37 bits per heavy atom. The summed E-state index contributed by atoms with van der Waals surface area (Å²) in [6.07, 6.45) is 18.0. The van der Waals surface area contributed by atoms with Crippen LogP contribution in [0.25, 0.3) is 0 Å². The van der Waals surface area contributed by atoms with Gasteiger partial charge in [0.25, 0.3) is 0 Å². The van der Waals surface area contributed by atoms with Crippen molar-refractivity contribution in [1.82, 2.24) is 5.32 Å². The van der Waals surface area contributed by atoms with Gasteiger partial charge in [-0.3, -0.25) is 9.59 Å². The number of rotatable bonds is 14. The lowest BCUT2D eigenvalue weighted by Gasteiger charge is -2.11. The molecule has 0 aromatic heterocycles. The summed E-state index contributed by atoms with van der Waals surface area (Å²) < 4.78 is 90.0. The first kappa shape index (κ1) is 16.7. The minimum absolute atomic E-state index is 0. The Kier molecular flexibility index (Phi) is 12.1. The number of Topliss-reactive ketones (excluding diaryl/α,β-unsaturated/α-hetero) is 1. The summed E-state index contributed by atoms with van der Waals surface area (Å²) in [4.78, 5) is 22.0. The average molecular weight is 461 g/mol. The Hall–Kier alpha value is -1.98. The fourth-order valence-electron chi connectivity index (χ4n) is 2.29. The monoisotopic (exact) mass is 461 g/mol. The van der Waals surface area contributed by atoms with Gasteiger partial charge in [-0.05, 0) is 52.4 Å². The Labute approximate surface area is 212 Å². The van der Waals surface area contributed by atoms with E-state index in [1.165, 1.54) is 6.92 Å². The van der Waals surface area contributed by atoms with Gasteiger partial charge >= 0.3 is 0 Å². The number of ketones is 1. The lowest BCUT2D eigenvalue weighted by atomic mass is 10.1. The van der Waals surface area contributed by atoms with Gasteiger partial charge in [-0.25, -0.2) is 0 Å². The molecular weight excluding hydrogens is 378 g/mol. The summed E-state index contributed by atoms with van der Waals surface area (Å²) in [5.41, 5.74) is 0. The van der Waals surface area contributed by atoms with E-state index in [-0.39, 0.29) is 26.0 Å². The first-order valence-electron chi connectivity index (χ1n) is 19.9. The molecule has 0 heterocycles. The van der Waals surface area contributed by atoms with Crippen LogP contribution in [-0.2, 0) is 9.59 Å². The zero-order valence-corrected chi connectivity index (χ0v) is 19.5. The largest absolute Gasteiger partial charge is 0.393 e. The second kappa shape index (κ2) is 21.7. The van der Waals surface area contributed by atoms with E-state index in [0.717, 1.165) is 12.8 Å². The van der Waals surface area contributed by atoms with Crippen LogP contribution in [-0.4, -0.2) is 40.7 Å². The maximum Gasteiger partial charge on any atom is 0.222 e. The molecular formula is C25H63NO4. The summed E-state index contributed by atoms with van der Waals surface area (Å²) in [6, 6.07) is 0. The van der Waals surface area contributed by atoms with Crippen molar-refractivity contribution in [2.45, 2.75) is 85.4 Å². The van der Waals surface area contributed by atoms with E-state index in [1.807, 2.05) is 76.3 Å². The van der Waals surface area contributed by atoms with E-state index < -0.39 is 12.2 Å². The molecule has 0 spiro atoms. The SMILES string of the molecule is C/C=C/C=C\CCC(O)CC(=O)NCC(C)C.C/C=C/C=C\CCC(O)CC(C)=O.[2HH].[2H][2H].[2H][2H].[2H][2H].[2H][2H].[2H][2H].[2H][2H].[2H][2H].[2H][2H].[2H][2H]. The van der Waals surface area contributed by atoms with E-state index in [0.29, 0.717) is 25.3 Å². The van der Waals surface area contributed by atoms with Crippen LogP contribution in [0.4, 0.5) is 0 Å². The summed E-state index contributed by atoms with van der Waals surface area (Å²) in [6.45, 7) is 10.2. The van der Waals surface area contributed by atoms with Crippen LogP contribution in [0.2, 0.25) is 0 Å². The number of nitrogens with one attached hydrogen (secondary N) is 1. The van der Waals surface area contributed by atoms with E-state index in [4.69, 9.17) is 26.7 Å². The molecule has 0 bridgehead atoms. The average Bonchev–Trinajstić information content (AvgIpc) is 3.15. The van der Waals surface area contributed by atoms with Crippen molar-refractivity contribution in [1.29, 1.82) is 0 Å². The van der Waals surface area contributed by atoms with Crippen LogP contribution in [0.15, 0.2) is 48.6 Å². The van der Waals surface area contributed by atoms with Crippen LogP contribution >= 0.6 is 0 Å². The number of aliphatic hydroxyl groups is 2. The van der Waals surface area contributed by atoms with Gasteiger partial charge in [0.2, 0.25) is 5.91 Å². The molecule has 192 valence electrons. The van der Waals surface area contributed by atoms with Crippen LogP contribution in [0.3, 0.4) is 0 Å². The van der Waals surface area contributed by atoms with Gasteiger partial charge < -0.3 is 15.5 Å². The summed E-state index contributed by atoms with van der Waals surface area (Å²) in [7, 11) is 0. The molecule has 2 atom stereocenters. The van der Waals surface area contributed by atoms with Gasteiger partial charge in [0.15, 0.2) is 0 Å². The van der Waals surface area contributed by atoms with Crippen molar-refractivity contribution >= 4 is 11.7 Å². The zero-order chi connectivity index (χ0) is 41.2. The highest BCUT2D eigenvalue weighted by Gasteiger charge is 2.09. The normalized spacial score (nSPS) is 16.3. The molecule has 0 radical (unpaired) electrons. The molecule has 0 fully saturated rings. The van der Waals surface area contributed by atoms with E-state index >= 15 is 0 Å². The van der Waals surface area contributed by atoms with Crippen molar-refractivity contribution in [2.75, 3.05) is 6.54 Å². The van der Waals surface area contributed by atoms with E-state index in [1.54, 1.807) is 0 Å². The Morgan fingerprint density at radius 3 is 1.77 bits per heavy atom. The van der Waals surface area contributed by atoms with Crippen LogP contribution < -0.4 is 5.32 Å². The minimum atomic E-state index is -0.544. The summed E-state index contributed by atoms with van der Waals surface area (Å²) in [5, 5.41) is 21.7. The molecule has 0 aromatic rings. The molecule has 5 heteroatoms. The van der Waals surface area contributed by atoms with Crippen molar-refractivity contribution in [3.8, 4) is 0 Å². The fraction of sp³-hybridized carbons (Fsp3) is 0.600. The smallest absolute Gasteiger partial charge is 0.222 e. The van der Waals surface area contributed by atoms with Gasteiger partial charge in [-0.2, -0.15) is 0 Å². The molecule has 2 unspecified atom stereocenters. The second-order valence-corrected chi connectivity index (χ2v) is 7.68. The van der Waals surface area contributed by atoms with Gasteiger partial charge in [0.05, 0.1) is 18.6 Å². The van der Waals surface area contributed by atoms with Gasteiger partial charge in [-0.15, -0.1) is 0 Å². The van der Waals surface area contributed by atoms with Crippen molar-refractivity contribution < 1.29 is 48.0 Å². The van der Waals surface area contributed by atoms with Gasteiger partial charge in [0, 0.05) is 41.1 Å². The fourth-order valence-corrected chi connectivity index (χ4v) is 2.29.